The van der Waals surface area contributed by atoms with Crippen LogP contribution in [0.25, 0.3) is 0 Å². The number of rotatable bonds is 0. The Balaban J connectivity index is 0.000000120. The van der Waals surface area contributed by atoms with Crippen molar-refractivity contribution in [3.05, 3.63) is 0 Å². The first-order valence-electron chi connectivity index (χ1n) is 5.89. The van der Waals surface area contributed by atoms with E-state index in [2.05, 4.69) is 0 Å². The molecule has 0 aliphatic carbocycles. The van der Waals surface area contributed by atoms with Crippen molar-refractivity contribution in [2.75, 3.05) is 0 Å². The average molecular weight is 361 g/mol. The lowest BCUT2D eigenvalue weighted by atomic mass is 26.1. The maximum Gasteiger partial charge on any atom is -0.00747 e. The Labute approximate surface area is 102 Å². The zero-order valence-corrected chi connectivity index (χ0v) is 25.9. The summed E-state index contributed by atoms with van der Waals surface area (Å²) in [6.45, 7) is 0. The second kappa shape index (κ2) is 8.87. The van der Waals surface area contributed by atoms with Crippen molar-refractivity contribution < 1.29 is 0 Å². The molecule has 0 unspecified atom stereocenters. The van der Waals surface area contributed by atoms with E-state index in [1.807, 2.05) is 0 Å². The van der Waals surface area contributed by atoms with Crippen LogP contribution < -0.4 is 0 Å². The summed E-state index contributed by atoms with van der Waals surface area (Å²) in [5, 5.41) is 0. The molecule has 2 aliphatic heterocycles. The molecule has 2 heterocycles. The second-order valence-corrected chi connectivity index (χ2v) is 122. The van der Waals surface area contributed by atoms with Gasteiger partial charge >= 0.3 is 0 Å². The maximum absolute atomic E-state index is 1.78. The van der Waals surface area contributed by atoms with Gasteiger partial charge in [0, 0.05) is 0 Å². The summed E-state index contributed by atoms with van der Waals surface area (Å²) in [4.78, 5) is 0. The van der Waals surface area contributed by atoms with Crippen molar-refractivity contribution in [3.63, 3.8) is 0 Å². The smallest absolute Gasteiger partial charge is 0.00747 e. The number of hydrogen-bond acceptors (Lipinski definition) is 0. The molecule has 2 aliphatic rings. The van der Waals surface area contributed by atoms with E-state index in [-0.39, 0.29) is 0 Å². The Morgan fingerprint density at radius 2 is 0.917 bits per heavy atom. The van der Waals surface area contributed by atoms with Crippen molar-refractivity contribution in [1.29, 1.82) is 0 Å². The largest absolute Gasteiger partial charge is 0.0115 e. The monoisotopic (exact) mass is 360 g/mol. The molecule has 0 nitrogen and oxygen atoms in total. The average Bonchev–Trinajstić information content (AvgIpc) is 2.60. The molecule has 0 aromatic carbocycles. The summed E-state index contributed by atoms with van der Waals surface area (Å²) in [6, 6.07) is 0. The molecule has 0 saturated carbocycles. The van der Waals surface area contributed by atoms with E-state index in [9.17, 15) is 0 Å². The summed E-state index contributed by atoms with van der Waals surface area (Å²) in [7, 11) is 11.7. The van der Waals surface area contributed by atoms with E-state index in [0.717, 1.165) is 85.5 Å². The Morgan fingerprint density at radius 1 is 0.583 bits per heavy atom. The zero-order valence-electron chi connectivity index (χ0n) is 8.65. The van der Waals surface area contributed by atoms with E-state index in [1.165, 1.54) is 0 Å². The lowest BCUT2D eigenvalue weighted by Gasteiger charge is -2.01. The molecule has 0 spiro atoms. The highest BCUT2D eigenvalue weighted by molar-refractivity contribution is 7.87. The van der Waals surface area contributed by atoms with Crippen molar-refractivity contribution >= 4 is 103 Å². The Kier molecular flexibility index (Phi) is 9.37. The fourth-order valence-corrected chi connectivity index (χ4v) is 532. The third-order valence-corrected chi connectivity index (χ3v) is 255. The molecule has 0 N–H and O–H groups in total. The summed E-state index contributed by atoms with van der Waals surface area (Å²) in [5.41, 5.74) is 0. The van der Waals surface area contributed by atoms with Gasteiger partial charge in [-0.1, -0.05) is 0 Å². The molecule has 72 valence electrons. The molecule has 0 aromatic rings. The summed E-state index contributed by atoms with van der Waals surface area (Å²) in [5.74, 6) is 0. The predicted molar refractivity (Wildman–Crippen MR) is 103 cm³/mol. The van der Waals surface area contributed by atoms with Crippen molar-refractivity contribution in [3.8, 4) is 0 Å². The molecule has 12 heteroatoms. The van der Waals surface area contributed by atoms with Gasteiger partial charge in [-0.15, -0.1) is 0 Å². The fraction of sp³-hybridized carbons (Fsp3) is 0. The molecule has 0 amide bonds. The van der Waals surface area contributed by atoms with E-state index in [4.69, 9.17) is 0 Å². The van der Waals surface area contributed by atoms with Crippen LogP contribution in [0.15, 0.2) is 0 Å². The first kappa shape index (κ1) is 12.7. The van der Waals surface area contributed by atoms with E-state index in [1.54, 1.807) is 9.76 Å². The third kappa shape index (κ3) is 6.97. The van der Waals surface area contributed by atoms with Gasteiger partial charge in [0.2, 0.25) is 0 Å². The van der Waals surface area contributed by atoms with Crippen LogP contribution in [0.5, 0.6) is 0 Å². The Bertz CT molecular complexity index is 74.7. The van der Waals surface area contributed by atoms with Gasteiger partial charge in [0.15, 0.2) is 0 Å². The minimum absolute atomic E-state index is 0.491. The first-order valence-corrected chi connectivity index (χ1v) is 53.0. The minimum Gasteiger partial charge on any atom is -0.0115 e. The van der Waals surface area contributed by atoms with Crippen LogP contribution in [0, 0.1) is 0 Å². The van der Waals surface area contributed by atoms with Crippen LogP contribution in [0.1, 0.15) is 0 Å². The molecule has 2 saturated heterocycles. The first-order chi connectivity index (χ1) is 5.89. The Morgan fingerprint density at radius 3 is 1.08 bits per heavy atom. The normalized spacial score (nSPS) is 49.5. The van der Waals surface area contributed by atoms with Crippen molar-refractivity contribution in [1.82, 2.24) is 0 Å². The topological polar surface area (TPSA) is 0 Å². The van der Waals surface area contributed by atoms with Crippen LogP contribution in [-0.4, -0.2) is 103 Å². The molecule has 2 rings (SSSR count). The quantitative estimate of drug-likeness (QED) is 0.376. The van der Waals surface area contributed by atoms with Gasteiger partial charge in [-0.2, -0.15) is 0 Å². The molecule has 0 atom stereocenters. The SMILES string of the molecule is [SiH2]1[SiH2][SiH2][SiH2][SiH2][SiH2]1.[SiH3][SiH]1[SiH2][SiH2][SiH2][SiH2]1. The predicted octanol–water partition coefficient (Wildman–Crippen LogP) is -11.0. The maximum atomic E-state index is 1.78. The standard InChI is InChI=1S/2H12Si6/c1-6-4-2-3-5-6;1-2-4-6-5-3-1/h6H,2-5H2,1H3;1-6H2. The molecule has 0 aromatic heterocycles. The van der Waals surface area contributed by atoms with Crippen LogP contribution in [0.4, 0.5) is 0 Å². The zero-order chi connectivity index (χ0) is 8.65. The third-order valence-electron chi connectivity index (χ3n) is 3.14. The molecular formula is H24Si12. The summed E-state index contributed by atoms with van der Waals surface area (Å²) < 4.78 is 0. The van der Waals surface area contributed by atoms with Crippen LogP contribution >= 0.6 is 0 Å². The van der Waals surface area contributed by atoms with E-state index < -0.39 is 0 Å². The molecule has 0 bridgehead atoms. The van der Waals surface area contributed by atoms with Gasteiger partial charge in [-0.25, -0.2) is 0 Å². The van der Waals surface area contributed by atoms with Gasteiger partial charge in [-0.3, -0.25) is 0 Å². The van der Waals surface area contributed by atoms with Crippen molar-refractivity contribution in [2.24, 2.45) is 0 Å². The lowest BCUT2D eigenvalue weighted by molar-refractivity contribution is 3.76. The number of hydrogen-bond donors (Lipinski definition) is 0. The van der Waals surface area contributed by atoms with Gasteiger partial charge in [-0.05, 0) is 103 Å². The van der Waals surface area contributed by atoms with Gasteiger partial charge in [0.1, 0.15) is 0 Å². The molecule has 12 heavy (non-hydrogen) atoms. The van der Waals surface area contributed by atoms with Gasteiger partial charge in [0.25, 0.3) is 0 Å². The van der Waals surface area contributed by atoms with Crippen LogP contribution in [0.3, 0.4) is 0 Å². The molecular weight excluding hydrogens is 337 g/mol. The van der Waals surface area contributed by atoms with Gasteiger partial charge in [0.05, 0.1) is 0 Å². The highest BCUT2D eigenvalue weighted by Gasteiger charge is 2.11. The molecule has 0 radical (unpaired) electrons. The van der Waals surface area contributed by atoms with Crippen molar-refractivity contribution in [2.45, 2.75) is 0 Å². The van der Waals surface area contributed by atoms with Crippen LogP contribution in [-0.2, 0) is 0 Å². The van der Waals surface area contributed by atoms with E-state index in [0.29, 0.717) is 7.35 Å². The minimum atomic E-state index is 0.491. The van der Waals surface area contributed by atoms with Gasteiger partial charge < -0.3 is 0 Å². The highest BCUT2D eigenvalue weighted by Crippen LogP contribution is 1.74. The second-order valence-electron chi connectivity index (χ2n) is 4.51. The van der Waals surface area contributed by atoms with E-state index >= 15 is 0 Å². The van der Waals surface area contributed by atoms with Crippen LogP contribution in [0.2, 0.25) is 0 Å². The summed E-state index contributed by atoms with van der Waals surface area (Å²) in [6.07, 6.45) is 0. The molecule has 2 fully saturated rings. The highest BCUT2D eigenvalue weighted by atomic mass is 30.2. The lowest BCUT2D eigenvalue weighted by Crippen LogP contribution is -2.38. The fourth-order valence-electron chi connectivity index (χ4n) is 2.19. The summed E-state index contributed by atoms with van der Waals surface area (Å²) >= 11 is 0. The Hall–Kier alpha value is 2.60.